The monoisotopic (exact) mass is 1620 g/mol. The molecule has 24 aromatic rings. The molecule has 8 heteroatoms. The van der Waals surface area contributed by atoms with Gasteiger partial charge in [0.05, 0.1) is 0 Å². The summed E-state index contributed by atoms with van der Waals surface area (Å²) in [5, 5.41) is 14.5. The van der Waals surface area contributed by atoms with E-state index in [0.29, 0.717) is 0 Å². The summed E-state index contributed by atoms with van der Waals surface area (Å²) in [5.41, 5.74) is 26.2. The molecule has 20 aromatic carbocycles. The van der Waals surface area contributed by atoms with E-state index < -0.39 is 0 Å². The number of furan rings is 2. The lowest BCUT2D eigenvalue weighted by Crippen LogP contribution is -2.09. The fraction of sp³-hybridized carbons (Fsp3) is 0. The molecule has 124 heavy (non-hydrogen) atoms. The average Bonchev–Trinajstić information content (AvgIpc) is 1.61. The Bertz CT molecular complexity index is 7640. The maximum Gasteiger partial charge on any atom is 0.136 e. The van der Waals surface area contributed by atoms with E-state index in [0.717, 1.165) is 134 Å². The minimum atomic E-state index is 0.881. The van der Waals surface area contributed by atoms with Crippen LogP contribution in [0, 0.1) is 0 Å². The van der Waals surface area contributed by atoms with Gasteiger partial charge in [0.15, 0.2) is 0 Å². The van der Waals surface area contributed by atoms with Crippen LogP contribution in [0.15, 0.2) is 470 Å². The van der Waals surface area contributed by atoms with Gasteiger partial charge in [0, 0.05) is 130 Å². The van der Waals surface area contributed by atoms with Gasteiger partial charge in [0.1, 0.15) is 22.3 Å². The van der Waals surface area contributed by atoms with Crippen molar-refractivity contribution in [1.29, 1.82) is 0 Å². The third-order valence-electron chi connectivity index (χ3n) is 24.1. The molecule has 0 saturated heterocycles. The number of hydrogen-bond donors (Lipinski definition) is 0. The zero-order chi connectivity index (χ0) is 82.0. The summed E-state index contributed by atoms with van der Waals surface area (Å²) in [5.74, 6) is 0. The standard InChI is InChI=1S/C62H40N2O2.C54H36N2S2/c1-3-16-47(17-4-1)63(51-32-36-57-55(39-51)61-53-20-9-7-12-43(53)26-34-59(61)65-57)49-28-22-41(23-29-49)45-14-11-15-46(38-45)42-24-30-50(31-25-42)64(48-18-5-2-6-19-48)52-33-37-58-56(40-52)62-54-21-10-8-13-44(54)27-35-60(62)66-58;1-3-14-41(15-4-1)55(45-30-32-53-49(35-45)47-18-7-9-20-51(47)57-53)43-26-22-37(23-27-43)39-12-11-13-40(34-39)38-24-28-44(29-25-38)56(42-16-5-2-6-17-42)46-31-33-54-50(36-46)48-19-8-10-21-52(48)58-54/h1-40H;1-36H. The maximum atomic E-state index is 6.38. The van der Waals surface area contributed by atoms with Gasteiger partial charge in [-0.25, -0.2) is 0 Å². The molecule has 0 radical (unpaired) electrons. The Hall–Kier alpha value is -15.8. The quantitative estimate of drug-likeness (QED) is 0.0960. The Labute approximate surface area is 725 Å². The molecule has 0 aliphatic heterocycles. The van der Waals surface area contributed by atoms with Crippen LogP contribution in [-0.2, 0) is 0 Å². The van der Waals surface area contributed by atoms with Crippen molar-refractivity contribution >= 4 is 197 Å². The molecule has 4 aromatic heterocycles. The van der Waals surface area contributed by atoms with Crippen molar-refractivity contribution in [2.45, 2.75) is 0 Å². The number of rotatable bonds is 16. The first-order valence-corrected chi connectivity index (χ1v) is 43.6. The minimum Gasteiger partial charge on any atom is -0.456 e. The Morgan fingerprint density at radius 1 is 0.145 bits per heavy atom. The van der Waals surface area contributed by atoms with Crippen LogP contribution < -0.4 is 19.6 Å². The van der Waals surface area contributed by atoms with Crippen LogP contribution in [0.3, 0.4) is 0 Å². The van der Waals surface area contributed by atoms with Crippen molar-refractivity contribution in [3.63, 3.8) is 0 Å². The first-order valence-electron chi connectivity index (χ1n) is 42.0. The highest BCUT2D eigenvalue weighted by Crippen LogP contribution is 2.48. The normalized spacial score (nSPS) is 11.5. The van der Waals surface area contributed by atoms with Crippen LogP contribution in [-0.4, -0.2) is 0 Å². The number of benzene rings is 20. The van der Waals surface area contributed by atoms with Gasteiger partial charge in [0.25, 0.3) is 0 Å². The molecule has 584 valence electrons. The number of fused-ring (bicyclic) bond motifs is 16. The fourth-order valence-electron chi connectivity index (χ4n) is 18.1. The first kappa shape index (κ1) is 73.3. The van der Waals surface area contributed by atoms with Gasteiger partial charge < -0.3 is 28.4 Å². The number of hydrogen-bond acceptors (Lipinski definition) is 8. The van der Waals surface area contributed by atoms with E-state index in [9.17, 15) is 0 Å². The lowest BCUT2D eigenvalue weighted by Gasteiger charge is -2.26. The SMILES string of the molecule is c1ccc(N(c2ccc(-c3cccc(-c4ccc(N(c5ccccc5)c5ccc6oc7ccc8ccccc8c7c6c5)cc4)c3)cc2)c2ccc3oc4ccc5ccccc5c4c3c2)cc1.c1ccc(N(c2ccc(-c3cccc(-c4ccc(N(c5ccccc5)c5ccc6sc7ccccc7c6c5)cc4)c3)cc2)c2ccc3sc4ccccc4c3c2)cc1. The molecule has 0 aliphatic rings. The lowest BCUT2D eigenvalue weighted by molar-refractivity contribution is 0.669. The van der Waals surface area contributed by atoms with E-state index in [4.69, 9.17) is 8.83 Å². The number of para-hydroxylation sites is 4. The number of thiophene rings is 2. The van der Waals surface area contributed by atoms with Crippen molar-refractivity contribution in [2.24, 2.45) is 0 Å². The largest absolute Gasteiger partial charge is 0.456 e. The topological polar surface area (TPSA) is 39.2 Å². The maximum absolute atomic E-state index is 6.38. The van der Waals surface area contributed by atoms with E-state index in [1.54, 1.807) is 0 Å². The zero-order valence-electron chi connectivity index (χ0n) is 67.3. The van der Waals surface area contributed by atoms with Crippen LogP contribution in [0.2, 0.25) is 0 Å². The average molecular weight is 1620 g/mol. The Balaban J connectivity index is 0.000000144. The molecule has 0 saturated carbocycles. The van der Waals surface area contributed by atoms with Gasteiger partial charge in [-0.05, 0) is 272 Å². The highest BCUT2D eigenvalue weighted by Gasteiger charge is 2.23. The van der Waals surface area contributed by atoms with E-state index in [-0.39, 0.29) is 0 Å². The highest BCUT2D eigenvalue weighted by atomic mass is 32.1. The van der Waals surface area contributed by atoms with Gasteiger partial charge >= 0.3 is 0 Å². The minimum absolute atomic E-state index is 0.881. The second-order valence-corrected chi connectivity index (χ2v) is 33.6. The van der Waals surface area contributed by atoms with Crippen molar-refractivity contribution in [3.05, 3.63) is 461 Å². The molecular formula is C116H76N4O2S2. The molecule has 24 rings (SSSR count). The predicted molar refractivity (Wildman–Crippen MR) is 529 cm³/mol. The van der Waals surface area contributed by atoms with Crippen LogP contribution in [0.25, 0.3) is 150 Å². The number of nitrogens with zero attached hydrogens (tertiary/aromatic N) is 4. The molecule has 0 unspecified atom stereocenters. The molecule has 0 bridgehead atoms. The summed E-state index contributed by atoms with van der Waals surface area (Å²) >= 11 is 3.71. The summed E-state index contributed by atoms with van der Waals surface area (Å²) in [6.45, 7) is 0. The third-order valence-corrected chi connectivity index (χ3v) is 26.4. The van der Waals surface area contributed by atoms with Crippen molar-refractivity contribution in [3.8, 4) is 44.5 Å². The Morgan fingerprint density at radius 3 is 0.726 bits per heavy atom. The third kappa shape index (κ3) is 13.6. The highest BCUT2D eigenvalue weighted by molar-refractivity contribution is 7.26. The van der Waals surface area contributed by atoms with Crippen LogP contribution in [0.1, 0.15) is 0 Å². The molecular weight excluding hydrogens is 1550 g/mol. The Kier molecular flexibility index (Phi) is 18.6. The van der Waals surface area contributed by atoms with Gasteiger partial charge in [0.2, 0.25) is 0 Å². The van der Waals surface area contributed by atoms with Gasteiger partial charge in [-0.3, -0.25) is 0 Å². The summed E-state index contributed by atoms with van der Waals surface area (Å²) in [6.07, 6.45) is 0. The summed E-state index contributed by atoms with van der Waals surface area (Å²) in [6, 6.07) is 166. The van der Waals surface area contributed by atoms with Crippen LogP contribution in [0.4, 0.5) is 68.2 Å². The summed E-state index contributed by atoms with van der Waals surface area (Å²) < 4.78 is 18.0. The Morgan fingerprint density at radius 2 is 0.395 bits per heavy atom. The molecule has 0 amide bonds. The second kappa shape index (κ2) is 31.4. The first-order chi connectivity index (χ1) is 61.4. The predicted octanol–water partition coefficient (Wildman–Crippen LogP) is 34.8. The number of anilines is 12. The smallest absolute Gasteiger partial charge is 0.136 e. The molecule has 0 aliphatic carbocycles. The van der Waals surface area contributed by atoms with Gasteiger partial charge in [-0.15, -0.1) is 22.7 Å². The van der Waals surface area contributed by atoms with Crippen molar-refractivity contribution in [2.75, 3.05) is 19.6 Å². The molecule has 0 N–H and O–H groups in total. The molecule has 6 nitrogen and oxygen atoms in total. The molecule has 0 fully saturated rings. The van der Waals surface area contributed by atoms with Gasteiger partial charge in [-0.1, -0.05) is 255 Å². The summed E-state index contributed by atoms with van der Waals surface area (Å²) in [7, 11) is 0. The molecule has 4 heterocycles. The van der Waals surface area contributed by atoms with Crippen molar-refractivity contribution in [1.82, 2.24) is 0 Å². The van der Waals surface area contributed by atoms with E-state index in [1.165, 1.54) is 84.1 Å². The van der Waals surface area contributed by atoms with Crippen LogP contribution in [0.5, 0.6) is 0 Å². The fourth-order valence-corrected chi connectivity index (χ4v) is 20.3. The zero-order valence-corrected chi connectivity index (χ0v) is 68.9. The molecule has 0 spiro atoms. The van der Waals surface area contributed by atoms with Gasteiger partial charge in [-0.2, -0.15) is 0 Å². The van der Waals surface area contributed by atoms with Crippen LogP contribution >= 0.6 is 22.7 Å². The van der Waals surface area contributed by atoms with E-state index >= 15 is 0 Å². The summed E-state index contributed by atoms with van der Waals surface area (Å²) in [4.78, 5) is 9.35. The lowest BCUT2D eigenvalue weighted by atomic mass is 9.98. The molecule has 0 atom stereocenters. The van der Waals surface area contributed by atoms with E-state index in [1.807, 2.05) is 22.7 Å². The second-order valence-electron chi connectivity index (χ2n) is 31.5. The van der Waals surface area contributed by atoms with Crippen molar-refractivity contribution < 1.29 is 8.83 Å². The van der Waals surface area contributed by atoms with E-state index in [2.05, 4.69) is 481 Å².